The van der Waals surface area contributed by atoms with Gasteiger partial charge in [-0.3, -0.25) is 14.4 Å². The molecule has 0 unspecified atom stereocenters. The van der Waals surface area contributed by atoms with Crippen LogP contribution >= 0.6 is 0 Å². The van der Waals surface area contributed by atoms with E-state index >= 15 is 0 Å². The highest BCUT2D eigenvalue weighted by atomic mass is 16.6. The lowest BCUT2D eigenvalue weighted by molar-refractivity contribution is -0.150. The van der Waals surface area contributed by atoms with Gasteiger partial charge in [-0.25, -0.2) is 0 Å². The third-order valence-corrected chi connectivity index (χ3v) is 12.4. The molecule has 0 fully saturated rings. The van der Waals surface area contributed by atoms with E-state index in [9.17, 15) is 14.4 Å². The maximum Gasteiger partial charge on any atom is 0.306 e. The summed E-state index contributed by atoms with van der Waals surface area (Å²) in [5.74, 6) is -0.0565. The fraction of sp³-hybridized carbons (Fsp3) is 0.945. The van der Waals surface area contributed by atoms with Crippen molar-refractivity contribution in [2.75, 3.05) is 92.2 Å². The van der Waals surface area contributed by atoms with Crippen LogP contribution in [-0.2, 0) is 42.8 Å². The molecule has 398 valence electrons. The van der Waals surface area contributed by atoms with Crippen LogP contribution in [0.1, 0.15) is 239 Å². The number of amides is 1. The topological polar surface area (TPSA) is 148 Å². The van der Waals surface area contributed by atoms with Gasteiger partial charge in [0, 0.05) is 38.9 Å². The highest BCUT2D eigenvalue weighted by Gasteiger charge is 2.15. The number of hydrogen-bond acceptors (Lipinski definition) is 11. The molecule has 0 saturated heterocycles. The first-order valence-electron chi connectivity index (χ1n) is 28.3. The Balaban J connectivity index is 4.55. The molecule has 1 amide bonds. The molecule has 3 N–H and O–H groups in total. The summed E-state index contributed by atoms with van der Waals surface area (Å²) in [6.45, 7) is 15.1. The summed E-state index contributed by atoms with van der Waals surface area (Å²) in [5.41, 5.74) is 5.39. The summed E-state index contributed by atoms with van der Waals surface area (Å²) in [4.78, 5) is 40.1. The minimum atomic E-state index is -0.0515. The zero-order valence-corrected chi connectivity index (χ0v) is 44.2. The van der Waals surface area contributed by atoms with Gasteiger partial charge in [0.2, 0.25) is 5.91 Å². The van der Waals surface area contributed by atoms with Crippen LogP contribution in [0.25, 0.3) is 0 Å². The van der Waals surface area contributed by atoms with E-state index in [0.29, 0.717) is 91.8 Å². The first kappa shape index (κ1) is 65.2. The Bertz CT molecular complexity index is 1020. The molecule has 0 heterocycles. The first-order valence-corrected chi connectivity index (χ1v) is 28.3. The number of ether oxygens (including phenoxy) is 6. The summed E-state index contributed by atoms with van der Waals surface area (Å²) in [7, 11) is 0. The third-order valence-electron chi connectivity index (χ3n) is 12.4. The summed E-state index contributed by atoms with van der Waals surface area (Å²) in [6.07, 6.45) is 37.8. The SMILES string of the molecule is CCCCCCCCCOC(=O)CCCCCCCN(CCCCCCCC(=O)OC(CCCCCCCC)CCCCCCCC)CCNC(=O)CCOCCOCCOCCOCCN. The molecule has 0 atom stereocenters. The molecule has 12 nitrogen and oxygen atoms in total. The van der Waals surface area contributed by atoms with Crippen molar-refractivity contribution < 1.29 is 42.8 Å². The zero-order chi connectivity index (χ0) is 48.8. The fourth-order valence-electron chi connectivity index (χ4n) is 8.19. The van der Waals surface area contributed by atoms with Gasteiger partial charge < -0.3 is 44.4 Å². The Morgan fingerprint density at radius 2 is 0.821 bits per heavy atom. The van der Waals surface area contributed by atoms with Crippen LogP contribution in [0.2, 0.25) is 0 Å². The molecule has 0 aromatic heterocycles. The van der Waals surface area contributed by atoms with Gasteiger partial charge in [0.05, 0.1) is 59.5 Å². The summed E-state index contributed by atoms with van der Waals surface area (Å²) >= 11 is 0. The van der Waals surface area contributed by atoms with Gasteiger partial charge >= 0.3 is 11.9 Å². The maximum atomic E-state index is 12.9. The molecular weight excluding hydrogens is 847 g/mol. The van der Waals surface area contributed by atoms with Crippen LogP contribution in [-0.4, -0.2) is 121 Å². The van der Waals surface area contributed by atoms with Crippen LogP contribution in [0, 0.1) is 0 Å². The van der Waals surface area contributed by atoms with E-state index in [0.717, 1.165) is 122 Å². The summed E-state index contributed by atoms with van der Waals surface area (Å²) < 4.78 is 33.4. The van der Waals surface area contributed by atoms with Gasteiger partial charge in [-0.1, -0.05) is 162 Å². The number of esters is 2. The van der Waals surface area contributed by atoms with Crippen LogP contribution in [0.5, 0.6) is 0 Å². The quantitative estimate of drug-likeness (QED) is 0.0443. The Morgan fingerprint density at radius 3 is 1.31 bits per heavy atom. The number of nitrogens with two attached hydrogens (primary N) is 1. The Kier molecular flexibility index (Phi) is 53.6. The maximum absolute atomic E-state index is 12.9. The first-order chi connectivity index (χ1) is 33.0. The van der Waals surface area contributed by atoms with E-state index in [1.807, 2.05) is 0 Å². The van der Waals surface area contributed by atoms with Gasteiger partial charge in [0.1, 0.15) is 6.10 Å². The second kappa shape index (κ2) is 55.1. The number of unbranched alkanes of at least 4 members (excludes halogenated alkanes) is 24. The molecule has 0 aromatic carbocycles. The lowest BCUT2D eigenvalue weighted by Crippen LogP contribution is -2.36. The summed E-state index contributed by atoms with van der Waals surface area (Å²) in [5, 5.41) is 3.09. The van der Waals surface area contributed by atoms with Crippen molar-refractivity contribution >= 4 is 17.8 Å². The minimum Gasteiger partial charge on any atom is -0.466 e. The van der Waals surface area contributed by atoms with Crippen molar-refractivity contribution in [3.8, 4) is 0 Å². The molecule has 67 heavy (non-hydrogen) atoms. The van der Waals surface area contributed by atoms with E-state index in [2.05, 4.69) is 31.0 Å². The van der Waals surface area contributed by atoms with Crippen LogP contribution in [0.4, 0.5) is 0 Å². The van der Waals surface area contributed by atoms with Crippen molar-refractivity contribution in [3.05, 3.63) is 0 Å². The smallest absolute Gasteiger partial charge is 0.306 e. The second-order valence-electron chi connectivity index (χ2n) is 18.8. The Morgan fingerprint density at radius 1 is 0.418 bits per heavy atom. The standard InChI is InChI=1S/C55H109N3O9/c1-4-7-10-13-16-25-32-43-66-54(60)35-28-21-17-23-30-40-58(42-39-57-53(59)37-44-62-46-48-64-50-51-65-49-47-63-45-38-56)41-31-24-18-22-29-36-55(61)67-52(33-26-19-14-11-8-5-2)34-27-20-15-12-9-6-3/h52H,4-51,56H2,1-3H3,(H,57,59). The third kappa shape index (κ3) is 51.8. The Labute approximate surface area is 412 Å². The zero-order valence-electron chi connectivity index (χ0n) is 44.2. The van der Waals surface area contributed by atoms with Gasteiger partial charge in [-0.15, -0.1) is 0 Å². The average molecular weight is 956 g/mol. The number of nitrogens with one attached hydrogen (secondary N) is 1. The fourth-order valence-corrected chi connectivity index (χ4v) is 8.19. The van der Waals surface area contributed by atoms with Gasteiger partial charge in [-0.05, 0) is 70.9 Å². The molecule has 0 bridgehead atoms. The van der Waals surface area contributed by atoms with Crippen molar-refractivity contribution in [2.24, 2.45) is 5.73 Å². The molecule has 0 radical (unpaired) electrons. The number of hydrogen-bond donors (Lipinski definition) is 2. The number of carbonyl (C=O) groups excluding carboxylic acids is 3. The molecule has 0 aliphatic carbocycles. The predicted molar refractivity (Wildman–Crippen MR) is 277 cm³/mol. The average Bonchev–Trinajstić information content (AvgIpc) is 3.32. The lowest BCUT2D eigenvalue weighted by atomic mass is 10.0. The predicted octanol–water partition coefficient (Wildman–Crippen LogP) is 12.2. The molecule has 0 aromatic rings. The van der Waals surface area contributed by atoms with E-state index in [1.165, 1.54) is 96.3 Å². The molecule has 0 aliphatic heterocycles. The molecule has 0 saturated carbocycles. The Hall–Kier alpha value is -1.83. The largest absolute Gasteiger partial charge is 0.466 e. The van der Waals surface area contributed by atoms with Gasteiger partial charge in [0.25, 0.3) is 0 Å². The summed E-state index contributed by atoms with van der Waals surface area (Å²) in [6, 6.07) is 0. The minimum absolute atomic E-state index is 0.00160. The van der Waals surface area contributed by atoms with Crippen LogP contribution in [0.3, 0.4) is 0 Å². The van der Waals surface area contributed by atoms with E-state index < -0.39 is 0 Å². The molecule has 0 rings (SSSR count). The van der Waals surface area contributed by atoms with Gasteiger partial charge in [0.15, 0.2) is 0 Å². The lowest BCUT2D eigenvalue weighted by Gasteiger charge is -2.22. The molecule has 0 spiro atoms. The molecular formula is C55H109N3O9. The van der Waals surface area contributed by atoms with Crippen LogP contribution < -0.4 is 11.1 Å². The highest BCUT2D eigenvalue weighted by molar-refractivity contribution is 5.75. The molecule has 12 heteroatoms. The monoisotopic (exact) mass is 956 g/mol. The number of rotatable bonds is 56. The van der Waals surface area contributed by atoms with E-state index in [-0.39, 0.29) is 23.9 Å². The highest BCUT2D eigenvalue weighted by Crippen LogP contribution is 2.19. The van der Waals surface area contributed by atoms with Crippen LogP contribution in [0.15, 0.2) is 0 Å². The normalized spacial score (nSPS) is 11.6. The number of carbonyl (C=O) groups is 3. The van der Waals surface area contributed by atoms with Crippen molar-refractivity contribution in [1.29, 1.82) is 0 Å². The van der Waals surface area contributed by atoms with E-state index in [1.54, 1.807) is 0 Å². The second-order valence-corrected chi connectivity index (χ2v) is 18.8. The van der Waals surface area contributed by atoms with Crippen molar-refractivity contribution in [1.82, 2.24) is 10.2 Å². The van der Waals surface area contributed by atoms with Gasteiger partial charge in [-0.2, -0.15) is 0 Å². The molecule has 0 aliphatic rings. The van der Waals surface area contributed by atoms with Crippen molar-refractivity contribution in [3.63, 3.8) is 0 Å². The number of nitrogens with zero attached hydrogens (tertiary/aromatic N) is 1. The van der Waals surface area contributed by atoms with Crippen molar-refractivity contribution in [2.45, 2.75) is 245 Å². The van der Waals surface area contributed by atoms with E-state index in [4.69, 9.17) is 34.2 Å².